The van der Waals surface area contributed by atoms with E-state index in [1.165, 1.54) is 7.11 Å². The molecule has 0 heterocycles. The van der Waals surface area contributed by atoms with Crippen LogP contribution < -0.4 is 10.1 Å². The van der Waals surface area contributed by atoms with Crippen LogP contribution in [0.1, 0.15) is 26.3 Å². The number of hydrogen-bond acceptors (Lipinski definition) is 4. The zero-order valence-electron chi connectivity index (χ0n) is 12.3. The van der Waals surface area contributed by atoms with Gasteiger partial charge in [0, 0.05) is 11.1 Å². The fraction of sp³-hybridized carbons (Fsp3) is 0.500. The van der Waals surface area contributed by atoms with Gasteiger partial charge in [0.1, 0.15) is 11.8 Å². The summed E-state index contributed by atoms with van der Waals surface area (Å²) in [6.07, 6.45) is 0. The van der Waals surface area contributed by atoms with Gasteiger partial charge < -0.3 is 14.8 Å². The molecule has 0 aliphatic heterocycles. The molecule has 0 fully saturated rings. The third-order valence-corrected chi connectivity index (χ3v) is 2.81. The van der Waals surface area contributed by atoms with Crippen molar-refractivity contribution in [2.45, 2.75) is 33.7 Å². The molecule has 0 aliphatic carbocycles. The van der Waals surface area contributed by atoms with E-state index in [0.29, 0.717) is 16.5 Å². The van der Waals surface area contributed by atoms with Crippen LogP contribution in [0.5, 0.6) is 5.75 Å². The van der Waals surface area contributed by atoms with E-state index < -0.39 is 6.04 Å². The Labute approximate surface area is 120 Å². The Morgan fingerprint density at radius 2 is 1.89 bits per heavy atom. The average Bonchev–Trinajstić information content (AvgIpc) is 2.43. The zero-order chi connectivity index (χ0) is 15.0. The predicted molar refractivity (Wildman–Crippen MR) is 79.2 cm³/mol. The molecule has 0 saturated carbocycles. The summed E-state index contributed by atoms with van der Waals surface area (Å²) in [5.74, 6) is 0.260. The van der Waals surface area contributed by atoms with Crippen molar-refractivity contribution < 1.29 is 14.3 Å². The fourth-order valence-corrected chi connectivity index (χ4v) is 1.57. The summed E-state index contributed by atoms with van der Waals surface area (Å²) in [5, 5.41) is 3.65. The molecule has 1 aromatic rings. The van der Waals surface area contributed by atoms with Crippen LogP contribution in [0.3, 0.4) is 0 Å². The SMILES string of the molecule is CC.COC(=O)C(C)Nc1cc(C)c(Cl)cc1OC. The average molecular weight is 288 g/mol. The van der Waals surface area contributed by atoms with Crippen LogP contribution in [0.25, 0.3) is 0 Å². The minimum Gasteiger partial charge on any atom is -0.495 e. The van der Waals surface area contributed by atoms with Gasteiger partial charge in [0.05, 0.1) is 19.9 Å². The van der Waals surface area contributed by atoms with Crippen LogP contribution in [-0.4, -0.2) is 26.2 Å². The van der Waals surface area contributed by atoms with Crippen LogP contribution in [0.15, 0.2) is 12.1 Å². The van der Waals surface area contributed by atoms with Crippen molar-refractivity contribution >= 4 is 23.3 Å². The zero-order valence-corrected chi connectivity index (χ0v) is 13.1. The fourth-order valence-electron chi connectivity index (χ4n) is 1.41. The van der Waals surface area contributed by atoms with Crippen LogP contribution >= 0.6 is 11.6 Å². The highest BCUT2D eigenvalue weighted by atomic mass is 35.5. The van der Waals surface area contributed by atoms with Gasteiger partial charge in [0.15, 0.2) is 0 Å². The minimum absolute atomic E-state index is 0.334. The van der Waals surface area contributed by atoms with Gasteiger partial charge in [-0.05, 0) is 25.5 Å². The van der Waals surface area contributed by atoms with E-state index in [2.05, 4.69) is 10.1 Å². The first-order chi connectivity index (χ1) is 8.99. The summed E-state index contributed by atoms with van der Waals surface area (Å²) in [6.45, 7) is 7.60. The molecule has 1 atom stereocenters. The van der Waals surface area contributed by atoms with E-state index in [9.17, 15) is 4.79 Å². The van der Waals surface area contributed by atoms with E-state index >= 15 is 0 Å². The molecule has 4 nitrogen and oxygen atoms in total. The first-order valence-corrected chi connectivity index (χ1v) is 6.56. The Morgan fingerprint density at radius 3 is 2.37 bits per heavy atom. The Kier molecular flexibility index (Phi) is 8.00. The van der Waals surface area contributed by atoms with E-state index in [4.69, 9.17) is 16.3 Å². The number of halogens is 1. The summed E-state index contributed by atoms with van der Waals surface area (Å²) >= 11 is 5.99. The van der Waals surface area contributed by atoms with Gasteiger partial charge in [-0.15, -0.1) is 0 Å². The third kappa shape index (κ3) is 4.99. The summed E-state index contributed by atoms with van der Waals surface area (Å²) in [7, 11) is 2.90. The first-order valence-electron chi connectivity index (χ1n) is 6.18. The molecule has 1 unspecified atom stereocenters. The smallest absolute Gasteiger partial charge is 0.327 e. The maximum absolute atomic E-state index is 11.3. The summed E-state index contributed by atoms with van der Waals surface area (Å²) < 4.78 is 9.84. The van der Waals surface area contributed by atoms with Gasteiger partial charge in [-0.25, -0.2) is 4.79 Å². The number of esters is 1. The maximum atomic E-state index is 11.3. The molecule has 1 aromatic carbocycles. The lowest BCUT2D eigenvalue weighted by atomic mass is 10.2. The van der Waals surface area contributed by atoms with Crippen LogP contribution in [0.2, 0.25) is 5.02 Å². The highest BCUT2D eigenvalue weighted by Gasteiger charge is 2.15. The second kappa shape index (κ2) is 8.64. The highest BCUT2D eigenvalue weighted by Crippen LogP contribution is 2.31. The molecule has 0 aromatic heterocycles. The van der Waals surface area contributed by atoms with E-state index in [-0.39, 0.29) is 5.97 Å². The molecule has 0 radical (unpaired) electrons. The number of carbonyl (C=O) groups excluding carboxylic acids is 1. The van der Waals surface area contributed by atoms with Crippen LogP contribution in [-0.2, 0) is 9.53 Å². The molecule has 1 N–H and O–H groups in total. The van der Waals surface area contributed by atoms with Gasteiger partial charge in [0.25, 0.3) is 0 Å². The van der Waals surface area contributed by atoms with Gasteiger partial charge >= 0.3 is 5.97 Å². The van der Waals surface area contributed by atoms with E-state index in [1.807, 2.05) is 26.8 Å². The standard InChI is InChI=1S/C12H16ClNO3.C2H6/c1-7-5-10(11(16-3)6-9(7)13)14-8(2)12(15)17-4;1-2/h5-6,8,14H,1-4H3;1-2H3. The lowest BCUT2D eigenvalue weighted by Crippen LogP contribution is -2.27. The number of carbonyl (C=O) groups is 1. The van der Waals surface area contributed by atoms with Crippen molar-refractivity contribution in [3.8, 4) is 5.75 Å². The second-order valence-corrected chi connectivity index (χ2v) is 4.10. The van der Waals surface area contributed by atoms with Gasteiger partial charge in [-0.1, -0.05) is 25.4 Å². The van der Waals surface area contributed by atoms with Gasteiger partial charge in [-0.3, -0.25) is 0 Å². The topological polar surface area (TPSA) is 47.6 Å². The molecule has 0 spiro atoms. The summed E-state index contributed by atoms with van der Waals surface area (Å²) in [4.78, 5) is 11.3. The minimum atomic E-state index is -0.450. The van der Waals surface area contributed by atoms with Crippen molar-refractivity contribution in [1.29, 1.82) is 0 Å². The monoisotopic (exact) mass is 287 g/mol. The Bertz CT molecular complexity index is 421. The number of methoxy groups -OCH3 is 2. The Hall–Kier alpha value is -1.42. The molecule has 19 heavy (non-hydrogen) atoms. The van der Waals surface area contributed by atoms with Crippen molar-refractivity contribution in [2.75, 3.05) is 19.5 Å². The Balaban J connectivity index is 0.00000154. The molecule has 108 valence electrons. The Morgan fingerprint density at radius 1 is 1.32 bits per heavy atom. The van der Waals surface area contributed by atoms with Crippen molar-refractivity contribution in [3.63, 3.8) is 0 Å². The molecule has 0 bridgehead atoms. The van der Waals surface area contributed by atoms with Gasteiger partial charge in [0.2, 0.25) is 0 Å². The lowest BCUT2D eigenvalue weighted by molar-refractivity contribution is -0.141. The van der Waals surface area contributed by atoms with E-state index in [1.54, 1.807) is 20.1 Å². The number of aryl methyl sites for hydroxylation is 1. The third-order valence-electron chi connectivity index (χ3n) is 2.41. The lowest BCUT2D eigenvalue weighted by Gasteiger charge is -2.16. The first kappa shape index (κ1) is 17.6. The normalized spacial score (nSPS) is 10.9. The molecule has 0 amide bonds. The highest BCUT2D eigenvalue weighted by molar-refractivity contribution is 6.31. The largest absolute Gasteiger partial charge is 0.495 e. The predicted octanol–water partition coefficient (Wildman–Crippen LogP) is 3.66. The number of ether oxygens (including phenoxy) is 2. The van der Waals surface area contributed by atoms with Crippen molar-refractivity contribution in [1.82, 2.24) is 0 Å². The molecule has 1 rings (SSSR count). The van der Waals surface area contributed by atoms with Crippen molar-refractivity contribution in [3.05, 3.63) is 22.7 Å². The number of hydrogen-bond donors (Lipinski definition) is 1. The van der Waals surface area contributed by atoms with E-state index in [0.717, 1.165) is 5.56 Å². The second-order valence-electron chi connectivity index (χ2n) is 3.69. The number of anilines is 1. The number of benzene rings is 1. The van der Waals surface area contributed by atoms with Crippen LogP contribution in [0.4, 0.5) is 5.69 Å². The maximum Gasteiger partial charge on any atom is 0.327 e. The van der Waals surface area contributed by atoms with Crippen molar-refractivity contribution in [2.24, 2.45) is 0 Å². The quantitative estimate of drug-likeness (QED) is 0.859. The summed E-state index contributed by atoms with van der Waals surface area (Å²) in [6, 6.07) is 3.10. The van der Waals surface area contributed by atoms with Gasteiger partial charge in [-0.2, -0.15) is 0 Å². The molecule has 0 aliphatic rings. The molecule has 5 heteroatoms. The number of rotatable bonds is 4. The molecular weight excluding hydrogens is 266 g/mol. The van der Waals surface area contributed by atoms with Crippen LogP contribution in [0, 0.1) is 6.92 Å². The number of nitrogens with one attached hydrogen (secondary N) is 1. The molecule has 0 saturated heterocycles. The summed E-state index contributed by atoms with van der Waals surface area (Å²) in [5.41, 5.74) is 1.62. The molecular formula is C14H22ClNO3.